The molecule has 2 aromatic carbocycles. The molecule has 2 aromatic heterocycles. The van der Waals surface area contributed by atoms with Crippen LogP contribution in [-0.2, 0) is 15.4 Å². The lowest BCUT2D eigenvalue weighted by Crippen LogP contribution is -2.20. The second kappa shape index (κ2) is 11.0. The van der Waals surface area contributed by atoms with E-state index >= 15 is 0 Å². The summed E-state index contributed by atoms with van der Waals surface area (Å²) in [5.41, 5.74) is 5.60. The van der Waals surface area contributed by atoms with Crippen LogP contribution in [0.3, 0.4) is 0 Å². The van der Waals surface area contributed by atoms with Gasteiger partial charge in [0.15, 0.2) is 5.75 Å². The number of nitrogens with zero attached hydrogens (tertiary/aromatic N) is 5. The number of hydrogen-bond donors (Lipinski definition) is 2. The zero-order valence-electron chi connectivity index (χ0n) is 24.9. The number of anilines is 2. The summed E-state index contributed by atoms with van der Waals surface area (Å²) >= 11 is 0. The molecule has 0 fully saturated rings. The molecule has 4 aromatic rings. The van der Waals surface area contributed by atoms with Gasteiger partial charge in [-0.15, -0.1) is 5.10 Å². The molecule has 0 unspecified atom stereocenters. The highest BCUT2D eigenvalue weighted by atomic mass is 32.2. The van der Waals surface area contributed by atoms with Crippen molar-refractivity contribution in [3.63, 3.8) is 0 Å². The third-order valence-corrected chi connectivity index (χ3v) is 7.31. The van der Waals surface area contributed by atoms with Crippen molar-refractivity contribution in [1.29, 1.82) is 0 Å². The molecule has 0 aliphatic rings. The van der Waals surface area contributed by atoms with Crippen molar-refractivity contribution in [3.8, 4) is 22.7 Å². The Morgan fingerprint density at radius 3 is 2.39 bits per heavy atom. The van der Waals surface area contributed by atoms with Crippen LogP contribution in [0.2, 0.25) is 0 Å². The van der Waals surface area contributed by atoms with Crippen LogP contribution in [-0.4, -0.2) is 52.5 Å². The molecule has 0 aliphatic heterocycles. The van der Waals surface area contributed by atoms with E-state index in [4.69, 9.17) is 4.74 Å². The Labute approximate surface area is 241 Å². The molecule has 12 heteroatoms. The predicted molar refractivity (Wildman–Crippen MR) is 161 cm³/mol. The molecular formula is C29H37N7O4S. The van der Waals surface area contributed by atoms with Crippen molar-refractivity contribution < 1.29 is 17.9 Å². The molecular weight excluding hydrogens is 542 g/mol. The maximum absolute atomic E-state index is 13.6. The average molecular weight is 580 g/mol. The quantitative estimate of drug-likeness (QED) is 0.291. The van der Waals surface area contributed by atoms with Crippen molar-refractivity contribution in [1.82, 2.24) is 24.8 Å². The van der Waals surface area contributed by atoms with E-state index in [1.54, 1.807) is 29.1 Å². The summed E-state index contributed by atoms with van der Waals surface area (Å²) in [6.07, 6.45) is 4.68. The zero-order chi connectivity index (χ0) is 30.3. The van der Waals surface area contributed by atoms with Gasteiger partial charge in [-0.2, -0.15) is 5.10 Å². The number of amides is 1. The standard InChI is InChI=1S/C29H37N7O4S/c1-17(2)36-19(4)23(15-30-36)25-16-35(34-32-25)26-14-21(11-10-18(26)3)31-28(37)22-12-20(29(5,6)7)13-24(27(22)40-8)33-41(9,38)39/h10-17,33H,1-9H3,(H,31,37). The van der Waals surface area contributed by atoms with Crippen LogP contribution >= 0.6 is 0 Å². The highest BCUT2D eigenvalue weighted by molar-refractivity contribution is 7.92. The minimum atomic E-state index is -3.62. The van der Waals surface area contributed by atoms with Gasteiger partial charge in [0.2, 0.25) is 10.0 Å². The van der Waals surface area contributed by atoms with Gasteiger partial charge in [-0.25, -0.2) is 13.1 Å². The van der Waals surface area contributed by atoms with E-state index in [0.29, 0.717) is 11.4 Å². The first-order chi connectivity index (χ1) is 19.1. The molecule has 0 saturated carbocycles. The van der Waals surface area contributed by atoms with Crippen molar-refractivity contribution in [2.24, 2.45) is 0 Å². The molecule has 11 nitrogen and oxygen atoms in total. The van der Waals surface area contributed by atoms with E-state index in [-0.39, 0.29) is 28.5 Å². The summed E-state index contributed by atoms with van der Waals surface area (Å²) in [6.45, 7) is 14.0. The van der Waals surface area contributed by atoms with Crippen molar-refractivity contribution in [2.75, 3.05) is 23.4 Å². The Balaban J connectivity index is 1.69. The van der Waals surface area contributed by atoms with Crippen LogP contribution in [0.1, 0.15) is 67.8 Å². The second-order valence-electron chi connectivity index (χ2n) is 11.4. The fourth-order valence-corrected chi connectivity index (χ4v) is 5.11. The van der Waals surface area contributed by atoms with E-state index in [1.807, 2.05) is 57.6 Å². The van der Waals surface area contributed by atoms with Gasteiger partial charge in [-0.05, 0) is 68.5 Å². The van der Waals surface area contributed by atoms with E-state index in [1.165, 1.54) is 7.11 Å². The number of aryl methyl sites for hydroxylation is 1. The predicted octanol–water partition coefficient (Wildman–Crippen LogP) is 5.26. The summed E-state index contributed by atoms with van der Waals surface area (Å²) in [7, 11) is -2.22. The number of carbonyl (C=O) groups is 1. The van der Waals surface area contributed by atoms with Gasteiger partial charge in [0.25, 0.3) is 5.91 Å². The van der Waals surface area contributed by atoms with Crippen LogP contribution < -0.4 is 14.8 Å². The number of rotatable bonds is 8. The van der Waals surface area contributed by atoms with E-state index in [2.05, 4.69) is 39.3 Å². The van der Waals surface area contributed by atoms with E-state index in [0.717, 1.165) is 34.3 Å². The highest BCUT2D eigenvalue weighted by Gasteiger charge is 2.25. The molecule has 0 bridgehead atoms. The first-order valence-electron chi connectivity index (χ1n) is 13.2. The van der Waals surface area contributed by atoms with Crippen LogP contribution in [0.15, 0.2) is 42.7 Å². The summed E-state index contributed by atoms with van der Waals surface area (Å²) in [6, 6.07) is 9.12. The number of aromatic nitrogens is 5. The normalized spacial score (nSPS) is 12.0. The third-order valence-electron chi connectivity index (χ3n) is 6.72. The number of ether oxygens (including phenoxy) is 1. The first kappa shape index (κ1) is 29.8. The summed E-state index contributed by atoms with van der Waals surface area (Å²) in [5, 5.41) is 16.1. The Hall–Kier alpha value is -4.19. The van der Waals surface area contributed by atoms with Gasteiger partial charge >= 0.3 is 0 Å². The lowest BCUT2D eigenvalue weighted by atomic mass is 9.85. The van der Waals surface area contributed by atoms with Crippen LogP contribution in [0, 0.1) is 13.8 Å². The molecule has 0 atom stereocenters. The van der Waals surface area contributed by atoms with Crippen molar-refractivity contribution in [2.45, 2.75) is 59.9 Å². The van der Waals surface area contributed by atoms with Gasteiger partial charge < -0.3 is 10.1 Å². The molecule has 218 valence electrons. The number of benzene rings is 2. The van der Waals surface area contributed by atoms with Gasteiger partial charge in [0, 0.05) is 23.0 Å². The number of hydrogen-bond acceptors (Lipinski definition) is 7. The van der Waals surface area contributed by atoms with E-state index in [9.17, 15) is 13.2 Å². The molecule has 41 heavy (non-hydrogen) atoms. The summed E-state index contributed by atoms with van der Waals surface area (Å²) < 4.78 is 35.7. The lowest BCUT2D eigenvalue weighted by Gasteiger charge is -2.23. The number of carbonyl (C=O) groups excluding carboxylic acids is 1. The van der Waals surface area contributed by atoms with Gasteiger partial charge in [-0.1, -0.05) is 32.1 Å². The first-order valence-corrected chi connectivity index (χ1v) is 15.1. The number of sulfonamides is 1. The Morgan fingerprint density at radius 2 is 1.80 bits per heavy atom. The van der Waals surface area contributed by atoms with E-state index < -0.39 is 15.9 Å². The Bertz CT molecular complexity index is 1710. The minimum Gasteiger partial charge on any atom is -0.494 e. The minimum absolute atomic E-state index is 0.131. The highest BCUT2D eigenvalue weighted by Crippen LogP contribution is 2.36. The van der Waals surface area contributed by atoms with Crippen LogP contribution in [0.25, 0.3) is 16.9 Å². The summed E-state index contributed by atoms with van der Waals surface area (Å²) in [4.78, 5) is 13.6. The molecule has 0 radical (unpaired) electrons. The lowest BCUT2D eigenvalue weighted by molar-refractivity contribution is 0.102. The van der Waals surface area contributed by atoms with Gasteiger partial charge in [0.05, 0.1) is 42.7 Å². The van der Waals surface area contributed by atoms with Gasteiger partial charge in [-0.3, -0.25) is 14.2 Å². The Morgan fingerprint density at radius 1 is 1.10 bits per heavy atom. The van der Waals surface area contributed by atoms with Crippen molar-refractivity contribution >= 4 is 27.3 Å². The van der Waals surface area contributed by atoms with Crippen LogP contribution in [0.4, 0.5) is 11.4 Å². The molecule has 2 N–H and O–H groups in total. The zero-order valence-corrected chi connectivity index (χ0v) is 25.7. The Kier molecular flexibility index (Phi) is 7.99. The molecule has 1 amide bonds. The van der Waals surface area contributed by atoms with Crippen molar-refractivity contribution in [3.05, 3.63) is 65.1 Å². The van der Waals surface area contributed by atoms with Gasteiger partial charge in [0.1, 0.15) is 5.69 Å². The molecule has 0 aliphatic carbocycles. The average Bonchev–Trinajstić information content (AvgIpc) is 3.49. The van der Waals surface area contributed by atoms with Crippen LogP contribution in [0.5, 0.6) is 5.75 Å². The smallest absolute Gasteiger partial charge is 0.259 e. The summed E-state index contributed by atoms with van der Waals surface area (Å²) in [5.74, 6) is -0.318. The topological polar surface area (TPSA) is 133 Å². The molecule has 0 spiro atoms. The second-order valence-corrected chi connectivity index (χ2v) is 13.2. The number of nitrogens with one attached hydrogen (secondary N) is 2. The third kappa shape index (κ3) is 6.43. The monoisotopic (exact) mass is 579 g/mol. The number of methoxy groups -OCH3 is 1. The maximum Gasteiger partial charge on any atom is 0.259 e. The maximum atomic E-state index is 13.6. The SMILES string of the molecule is COc1c(NS(C)(=O)=O)cc(C(C)(C)C)cc1C(=O)Nc1ccc(C)c(-n2cc(-c3cnn(C(C)C)c3C)nn2)c1. The molecule has 4 rings (SSSR count). The molecule has 0 saturated heterocycles. The fourth-order valence-electron chi connectivity index (χ4n) is 4.56. The largest absolute Gasteiger partial charge is 0.494 e. The fraction of sp³-hybridized carbons (Fsp3) is 0.379. The molecule has 2 heterocycles.